The van der Waals surface area contributed by atoms with Crippen molar-refractivity contribution in [2.75, 3.05) is 13.1 Å². The lowest BCUT2D eigenvalue weighted by atomic mass is 9.95. The molecule has 2 aromatic carbocycles. The molecule has 1 heterocycles. The van der Waals surface area contributed by atoms with E-state index in [-0.39, 0.29) is 48.5 Å². The molecular formula is C26H31FN2O4. The van der Waals surface area contributed by atoms with Gasteiger partial charge in [0.25, 0.3) is 0 Å². The standard InChI is InChI=1S/C26H31FN2O4/c1-18(2)33-25(31)16-23(20-7-4-3-5-8-20)28-26(32)21-9-6-14-29(17-21)24(30)15-19-10-12-22(27)13-11-19/h3-5,7-8,10-13,18,21,23H,6,9,14-17H2,1-2H3,(H,28,32). The Hall–Kier alpha value is -3.22. The predicted molar refractivity (Wildman–Crippen MR) is 123 cm³/mol. The molecule has 33 heavy (non-hydrogen) atoms. The lowest BCUT2D eigenvalue weighted by molar-refractivity contribution is -0.148. The van der Waals surface area contributed by atoms with Gasteiger partial charge >= 0.3 is 5.97 Å². The van der Waals surface area contributed by atoms with E-state index >= 15 is 0 Å². The van der Waals surface area contributed by atoms with Crippen molar-refractivity contribution < 1.29 is 23.5 Å². The van der Waals surface area contributed by atoms with E-state index in [0.717, 1.165) is 17.5 Å². The molecule has 1 saturated heterocycles. The lowest BCUT2D eigenvalue weighted by Crippen LogP contribution is -2.46. The number of esters is 1. The van der Waals surface area contributed by atoms with Gasteiger partial charge in [-0.25, -0.2) is 4.39 Å². The van der Waals surface area contributed by atoms with Gasteiger partial charge in [0.15, 0.2) is 0 Å². The Bertz CT molecular complexity index is 947. The third-order valence-electron chi connectivity index (χ3n) is 5.67. The molecule has 6 nitrogen and oxygen atoms in total. The Balaban J connectivity index is 1.63. The summed E-state index contributed by atoms with van der Waals surface area (Å²) in [7, 11) is 0. The normalized spacial score (nSPS) is 16.8. The van der Waals surface area contributed by atoms with E-state index < -0.39 is 6.04 Å². The van der Waals surface area contributed by atoms with Crippen LogP contribution in [0.2, 0.25) is 0 Å². The van der Waals surface area contributed by atoms with E-state index in [1.54, 1.807) is 30.9 Å². The highest BCUT2D eigenvalue weighted by Gasteiger charge is 2.30. The molecule has 7 heteroatoms. The molecular weight excluding hydrogens is 423 g/mol. The zero-order chi connectivity index (χ0) is 23.8. The molecule has 0 bridgehead atoms. The van der Waals surface area contributed by atoms with E-state index in [9.17, 15) is 18.8 Å². The van der Waals surface area contributed by atoms with Crippen LogP contribution in [0.15, 0.2) is 54.6 Å². The lowest BCUT2D eigenvalue weighted by Gasteiger charge is -2.33. The number of benzene rings is 2. The topological polar surface area (TPSA) is 75.7 Å². The monoisotopic (exact) mass is 454 g/mol. The Labute approximate surface area is 194 Å². The first-order valence-corrected chi connectivity index (χ1v) is 11.4. The van der Waals surface area contributed by atoms with Gasteiger partial charge in [-0.1, -0.05) is 42.5 Å². The first-order valence-electron chi connectivity index (χ1n) is 11.4. The fourth-order valence-electron chi connectivity index (χ4n) is 4.01. The summed E-state index contributed by atoms with van der Waals surface area (Å²) in [6, 6.07) is 14.7. The Morgan fingerprint density at radius 2 is 1.79 bits per heavy atom. The maximum absolute atomic E-state index is 13.1. The second-order valence-electron chi connectivity index (χ2n) is 8.70. The van der Waals surface area contributed by atoms with Crippen LogP contribution in [-0.2, 0) is 25.5 Å². The SMILES string of the molecule is CC(C)OC(=O)CC(NC(=O)C1CCCN(C(=O)Cc2ccc(F)cc2)C1)c1ccccc1. The van der Waals surface area contributed by atoms with Gasteiger partial charge in [-0.2, -0.15) is 0 Å². The minimum atomic E-state index is -0.504. The fraction of sp³-hybridized carbons (Fsp3) is 0.423. The number of likely N-dealkylation sites (tertiary alicyclic amines) is 1. The molecule has 2 amide bonds. The number of nitrogens with zero attached hydrogens (tertiary/aromatic N) is 1. The highest BCUT2D eigenvalue weighted by atomic mass is 19.1. The molecule has 0 radical (unpaired) electrons. The summed E-state index contributed by atoms with van der Waals surface area (Å²) in [4.78, 5) is 39.8. The van der Waals surface area contributed by atoms with Crippen molar-refractivity contribution in [3.05, 3.63) is 71.5 Å². The summed E-state index contributed by atoms with van der Waals surface area (Å²) in [5.74, 6) is -1.34. The van der Waals surface area contributed by atoms with Crippen molar-refractivity contribution >= 4 is 17.8 Å². The molecule has 3 rings (SSSR count). The summed E-state index contributed by atoms with van der Waals surface area (Å²) in [5.41, 5.74) is 1.56. The third kappa shape index (κ3) is 7.41. The quantitative estimate of drug-likeness (QED) is 0.616. The summed E-state index contributed by atoms with van der Waals surface area (Å²) in [6.45, 7) is 4.48. The number of halogens is 1. The minimum absolute atomic E-state index is 0.0356. The van der Waals surface area contributed by atoms with Crippen LogP contribution in [0, 0.1) is 11.7 Å². The number of rotatable bonds is 8. The van der Waals surface area contributed by atoms with Crippen molar-refractivity contribution in [1.29, 1.82) is 0 Å². The number of carbonyl (C=O) groups is 3. The molecule has 0 spiro atoms. The van der Waals surface area contributed by atoms with Gasteiger partial charge < -0.3 is 15.0 Å². The van der Waals surface area contributed by atoms with Crippen LogP contribution in [0.1, 0.15) is 50.3 Å². The van der Waals surface area contributed by atoms with Crippen LogP contribution in [0.3, 0.4) is 0 Å². The van der Waals surface area contributed by atoms with Gasteiger partial charge in [0.05, 0.1) is 30.9 Å². The van der Waals surface area contributed by atoms with E-state index in [1.807, 2.05) is 30.3 Å². The molecule has 0 aliphatic carbocycles. The van der Waals surface area contributed by atoms with Gasteiger partial charge in [-0.3, -0.25) is 14.4 Å². The highest BCUT2D eigenvalue weighted by molar-refractivity contribution is 5.83. The Morgan fingerprint density at radius 1 is 1.09 bits per heavy atom. The van der Waals surface area contributed by atoms with Crippen LogP contribution >= 0.6 is 0 Å². The van der Waals surface area contributed by atoms with E-state index in [0.29, 0.717) is 19.5 Å². The number of piperidine rings is 1. The van der Waals surface area contributed by atoms with Gasteiger partial charge in [-0.05, 0) is 49.9 Å². The molecule has 0 aromatic heterocycles. The number of carbonyl (C=O) groups excluding carboxylic acids is 3. The van der Waals surface area contributed by atoms with Gasteiger partial charge in [0.1, 0.15) is 5.82 Å². The van der Waals surface area contributed by atoms with E-state index in [1.165, 1.54) is 12.1 Å². The predicted octanol–water partition coefficient (Wildman–Crippen LogP) is 3.81. The van der Waals surface area contributed by atoms with Crippen LogP contribution in [0.4, 0.5) is 4.39 Å². The fourth-order valence-corrected chi connectivity index (χ4v) is 4.01. The van der Waals surface area contributed by atoms with E-state index in [2.05, 4.69) is 5.32 Å². The second kappa shape index (κ2) is 11.6. The maximum atomic E-state index is 13.1. The van der Waals surface area contributed by atoms with Crippen molar-refractivity contribution in [3.8, 4) is 0 Å². The van der Waals surface area contributed by atoms with Crippen LogP contribution < -0.4 is 5.32 Å². The molecule has 1 fully saturated rings. The highest BCUT2D eigenvalue weighted by Crippen LogP contribution is 2.22. The molecule has 1 aliphatic heterocycles. The number of ether oxygens (including phenoxy) is 1. The second-order valence-corrected chi connectivity index (χ2v) is 8.70. The Kier molecular flexibility index (Phi) is 8.58. The summed E-state index contributed by atoms with van der Waals surface area (Å²) >= 11 is 0. The summed E-state index contributed by atoms with van der Waals surface area (Å²) in [6.07, 6.45) is 1.36. The largest absolute Gasteiger partial charge is 0.463 e. The number of hydrogen-bond donors (Lipinski definition) is 1. The van der Waals surface area contributed by atoms with E-state index in [4.69, 9.17) is 4.74 Å². The number of nitrogens with one attached hydrogen (secondary N) is 1. The number of amides is 2. The zero-order valence-electron chi connectivity index (χ0n) is 19.1. The molecule has 2 aromatic rings. The van der Waals surface area contributed by atoms with Gasteiger partial charge in [0, 0.05) is 13.1 Å². The molecule has 2 unspecified atom stereocenters. The summed E-state index contributed by atoms with van der Waals surface area (Å²) in [5, 5.41) is 3.00. The van der Waals surface area contributed by atoms with Crippen LogP contribution in [0.25, 0.3) is 0 Å². The van der Waals surface area contributed by atoms with Crippen LogP contribution in [-0.4, -0.2) is 41.9 Å². The molecule has 0 saturated carbocycles. The average Bonchev–Trinajstić information content (AvgIpc) is 2.80. The Morgan fingerprint density at radius 3 is 2.45 bits per heavy atom. The molecule has 1 aliphatic rings. The first-order chi connectivity index (χ1) is 15.8. The van der Waals surface area contributed by atoms with Gasteiger partial charge in [0.2, 0.25) is 11.8 Å². The van der Waals surface area contributed by atoms with Crippen molar-refractivity contribution in [2.24, 2.45) is 5.92 Å². The molecule has 2 atom stereocenters. The smallest absolute Gasteiger partial charge is 0.308 e. The van der Waals surface area contributed by atoms with Gasteiger partial charge in [-0.15, -0.1) is 0 Å². The third-order valence-corrected chi connectivity index (χ3v) is 5.67. The number of hydrogen-bond acceptors (Lipinski definition) is 4. The zero-order valence-corrected chi connectivity index (χ0v) is 19.1. The minimum Gasteiger partial charge on any atom is -0.463 e. The molecule has 176 valence electrons. The van der Waals surface area contributed by atoms with Crippen LogP contribution in [0.5, 0.6) is 0 Å². The van der Waals surface area contributed by atoms with Crippen molar-refractivity contribution in [3.63, 3.8) is 0 Å². The van der Waals surface area contributed by atoms with Crippen molar-refractivity contribution in [2.45, 2.75) is 51.7 Å². The average molecular weight is 455 g/mol. The first kappa shape index (κ1) is 24.4. The molecule has 1 N–H and O–H groups in total. The maximum Gasteiger partial charge on any atom is 0.308 e. The van der Waals surface area contributed by atoms with Crippen molar-refractivity contribution in [1.82, 2.24) is 10.2 Å². The summed E-state index contributed by atoms with van der Waals surface area (Å²) < 4.78 is 18.4.